The number of hydrogen-bond donors (Lipinski definition) is 0. The van der Waals surface area contributed by atoms with Gasteiger partial charge in [0.05, 0.1) is 12.9 Å². The van der Waals surface area contributed by atoms with Crippen molar-refractivity contribution in [3.63, 3.8) is 0 Å². The lowest BCUT2D eigenvalue weighted by molar-refractivity contribution is 0.213. The second-order valence-corrected chi connectivity index (χ2v) is 9.28. The summed E-state index contributed by atoms with van der Waals surface area (Å²) < 4.78 is 8.13. The zero-order valence-electron chi connectivity index (χ0n) is 18.8. The highest BCUT2D eigenvalue weighted by Crippen LogP contribution is 2.28. The molecular formula is C22H31N7O. The largest absolute Gasteiger partial charge is 0.477 e. The molecule has 0 unspecified atom stereocenters. The molecular weight excluding hydrogens is 378 g/mol. The molecule has 0 N–H and O–H groups in total. The summed E-state index contributed by atoms with van der Waals surface area (Å²) >= 11 is 0. The molecule has 4 rings (SSSR count). The number of ether oxygens (including phenoxy) is 1. The molecule has 3 aromatic rings. The predicted octanol–water partition coefficient (Wildman–Crippen LogP) is 3.36. The van der Waals surface area contributed by atoms with Gasteiger partial charge in [-0.05, 0) is 32.6 Å². The van der Waals surface area contributed by atoms with E-state index in [4.69, 9.17) is 9.72 Å². The smallest absolute Gasteiger partial charge is 0.219 e. The van der Waals surface area contributed by atoms with Gasteiger partial charge in [-0.15, -0.1) is 0 Å². The van der Waals surface area contributed by atoms with Crippen LogP contribution in [0.4, 0.5) is 5.82 Å². The summed E-state index contributed by atoms with van der Waals surface area (Å²) in [5.41, 5.74) is 3.66. The lowest BCUT2D eigenvalue weighted by Gasteiger charge is -2.32. The number of piperidine rings is 1. The lowest BCUT2D eigenvalue weighted by Crippen LogP contribution is -2.36. The van der Waals surface area contributed by atoms with E-state index < -0.39 is 0 Å². The fourth-order valence-electron chi connectivity index (χ4n) is 3.75. The van der Waals surface area contributed by atoms with E-state index in [0.717, 1.165) is 65.9 Å². The molecule has 0 aromatic carbocycles. The van der Waals surface area contributed by atoms with Crippen molar-refractivity contribution in [3.05, 3.63) is 29.7 Å². The monoisotopic (exact) mass is 409 g/mol. The Morgan fingerprint density at radius 1 is 1.07 bits per heavy atom. The molecule has 30 heavy (non-hydrogen) atoms. The number of hydrogen-bond acceptors (Lipinski definition) is 7. The second kappa shape index (κ2) is 7.81. The highest BCUT2D eigenvalue weighted by Gasteiger charge is 2.25. The molecule has 0 saturated carbocycles. The summed E-state index contributed by atoms with van der Waals surface area (Å²) in [6.45, 7) is 13.0. The quantitative estimate of drug-likeness (QED) is 0.653. The van der Waals surface area contributed by atoms with Gasteiger partial charge in [0.2, 0.25) is 5.88 Å². The van der Waals surface area contributed by atoms with E-state index in [1.165, 1.54) is 0 Å². The van der Waals surface area contributed by atoms with Gasteiger partial charge < -0.3 is 14.2 Å². The van der Waals surface area contributed by atoms with Crippen LogP contribution in [0.2, 0.25) is 0 Å². The standard InChI is InChI=1S/C22H31N7O/c1-14-15(2)26-21(22(3,4)5)27-20(14)30-11-16-7-9-29(10-8-16)19-17-18(23-12-24-19)28(6)13-25-17/h12-13,16H,7-11H2,1-6H3. The van der Waals surface area contributed by atoms with Crippen LogP contribution in [0.25, 0.3) is 11.2 Å². The van der Waals surface area contributed by atoms with E-state index in [9.17, 15) is 0 Å². The van der Waals surface area contributed by atoms with Crippen LogP contribution in [-0.2, 0) is 12.5 Å². The molecule has 160 valence electrons. The Labute approximate surface area is 177 Å². The number of aromatic nitrogens is 6. The molecule has 1 saturated heterocycles. The Bertz CT molecular complexity index is 1050. The number of imidazole rings is 1. The van der Waals surface area contributed by atoms with Gasteiger partial charge in [-0.3, -0.25) is 0 Å². The van der Waals surface area contributed by atoms with Crippen LogP contribution >= 0.6 is 0 Å². The number of rotatable bonds is 4. The van der Waals surface area contributed by atoms with Crippen molar-refractivity contribution in [2.45, 2.75) is 52.9 Å². The molecule has 0 atom stereocenters. The number of nitrogens with zero attached hydrogens (tertiary/aromatic N) is 7. The van der Waals surface area contributed by atoms with Crippen molar-refractivity contribution in [3.8, 4) is 5.88 Å². The summed E-state index contributed by atoms with van der Waals surface area (Å²) in [5.74, 6) is 2.98. The van der Waals surface area contributed by atoms with Gasteiger partial charge in [0.25, 0.3) is 0 Å². The van der Waals surface area contributed by atoms with Crippen LogP contribution in [0.15, 0.2) is 12.7 Å². The van der Waals surface area contributed by atoms with Crippen molar-refractivity contribution in [1.29, 1.82) is 0 Å². The average Bonchev–Trinajstić information content (AvgIpc) is 3.10. The van der Waals surface area contributed by atoms with E-state index in [-0.39, 0.29) is 5.41 Å². The van der Waals surface area contributed by atoms with E-state index in [1.54, 1.807) is 12.7 Å². The summed E-state index contributed by atoms with van der Waals surface area (Å²) in [7, 11) is 1.96. The third-order valence-electron chi connectivity index (χ3n) is 5.86. The van der Waals surface area contributed by atoms with Gasteiger partial charge in [-0.25, -0.2) is 19.9 Å². The molecule has 0 aliphatic carbocycles. The molecule has 3 aromatic heterocycles. The SMILES string of the molecule is Cc1nc(C(C)(C)C)nc(OCC2CCN(c3ncnc4c3ncn4C)CC2)c1C. The van der Waals surface area contributed by atoms with Crippen molar-refractivity contribution < 1.29 is 4.74 Å². The topological polar surface area (TPSA) is 81.8 Å². The van der Waals surface area contributed by atoms with Crippen molar-refractivity contribution in [2.24, 2.45) is 13.0 Å². The second-order valence-electron chi connectivity index (χ2n) is 9.28. The lowest BCUT2D eigenvalue weighted by atomic mass is 9.95. The Kier molecular flexibility index (Phi) is 5.34. The zero-order valence-corrected chi connectivity index (χ0v) is 18.8. The molecule has 0 bridgehead atoms. The van der Waals surface area contributed by atoms with E-state index in [0.29, 0.717) is 12.5 Å². The molecule has 0 radical (unpaired) electrons. The molecule has 1 aliphatic rings. The molecule has 8 nitrogen and oxygen atoms in total. The Balaban J connectivity index is 1.41. The Morgan fingerprint density at radius 3 is 2.50 bits per heavy atom. The highest BCUT2D eigenvalue weighted by molar-refractivity contribution is 5.83. The first-order chi connectivity index (χ1) is 14.2. The van der Waals surface area contributed by atoms with Crippen LogP contribution in [0, 0.1) is 19.8 Å². The van der Waals surface area contributed by atoms with Crippen LogP contribution in [0.1, 0.15) is 50.7 Å². The molecule has 1 fully saturated rings. The van der Waals surface area contributed by atoms with Gasteiger partial charge in [0, 0.05) is 36.8 Å². The van der Waals surface area contributed by atoms with Gasteiger partial charge in [0.15, 0.2) is 17.0 Å². The van der Waals surface area contributed by atoms with Crippen LogP contribution in [-0.4, -0.2) is 49.2 Å². The first kappa shape index (κ1) is 20.5. The van der Waals surface area contributed by atoms with Gasteiger partial charge in [-0.2, -0.15) is 4.98 Å². The molecule has 4 heterocycles. The predicted molar refractivity (Wildman–Crippen MR) is 117 cm³/mol. The van der Waals surface area contributed by atoms with Crippen LogP contribution in [0.3, 0.4) is 0 Å². The van der Waals surface area contributed by atoms with E-state index >= 15 is 0 Å². The zero-order chi connectivity index (χ0) is 21.5. The van der Waals surface area contributed by atoms with Crippen LogP contribution in [0.5, 0.6) is 5.88 Å². The van der Waals surface area contributed by atoms with Crippen molar-refractivity contribution >= 4 is 17.0 Å². The maximum atomic E-state index is 6.20. The molecule has 8 heteroatoms. The molecule has 0 spiro atoms. The summed E-state index contributed by atoms with van der Waals surface area (Å²) in [5, 5.41) is 0. The van der Waals surface area contributed by atoms with Crippen molar-refractivity contribution in [1.82, 2.24) is 29.5 Å². The maximum Gasteiger partial charge on any atom is 0.219 e. The van der Waals surface area contributed by atoms with E-state index in [2.05, 4.69) is 45.6 Å². The third kappa shape index (κ3) is 3.95. The van der Waals surface area contributed by atoms with Crippen LogP contribution < -0.4 is 9.64 Å². The number of anilines is 1. The fraction of sp³-hybridized carbons (Fsp3) is 0.591. The summed E-state index contributed by atoms with van der Waals surface area (Å²) in [6.07, 6.45) is 5.52. The Hall–Kier alpha value is -2.77. The minimum absolute atomic E-state index is 0.101. The highest BCUT2D eigenvalue weighted by atomic mass is 16.5. The van der Waals surface area contributed by atoms with Gasteiger partial charge in [-0.1, -0.05) is 20.8 Å². The first-order valence-electron chi connectivity index (χ1n) is 10.6. The Morgan fingerprint density at radius 2 is 1.80 bits per heavy atom. The summed E-state index contributed by atoms with van der Waals surface area (Å²) in [4.78, 5) is 25.0. The maximum absolute atomic E-state index is 6.20. The third-order valence-corrected chi connectivity index (χ3v) is 5.86. The summed E-state index contributed by atoms with van der Waals surface area (Å²) in [6, 6.07) is 0. The number of aryl methyl sites for hydroxylation is 2. The minimum atomic E-state index is -0.101. The van der Waals surface area contributed by atoms with E-state index in [1.807, 2.05) is 25.5 Å². The first-order valence-corrected chi connectivity index (χ1v) is 10.6. The van der Waals surface area contributed by atoms with Gasteiger partial charge in [0.1, 0.15) is 12.2 Å². The average molecular weight is 410 g/mol. The molecule has 1 aliphatic heterocycles. The molecule has 0 amide bonds. The number of fused-ring (bicyclic) bond motifs is 1. The fourth-order valence-corrected chi connectivity index (χ4v) is 3.75. The van der Waals surface area contributed by atoms with Crippen molar-refractivity contribution in [2.75, 3.05) is 24.6 Å². The van der Waals surface area contributed by atoms with Gasteiger partial charge >= 0.3 is 0 Å². The minimum Gasteiger partial charge on any atom is -0.477 e. The normalized spacial score (nSPS) is 15.7.